The highest BCUT2D eigenvalue weighted by atomic mass is 35.5. The molecular weight excluding hydrogens is 304 g/mol. The number of hydrogen-bond donors (Lipinski definition) is 0. The van der Waals surface area contributed by atoms with Crippen molar-refractivity contribution in [2.75, 3.05) is 0 Å². The first kappa shape index (κ1) is 15.0. The maximum atomic E-state index is 11.4. The molecule has 0 bridgehead atoms. The quantitative estimate of drug-likeness (QED) is 0.606. The third-order valence-corrected chi connectivity index (χ3v) is 4.16. The highest BCUT2D eigenvalue weighted by molar-refractivity contribution is 6.29. The first-order valence-corrected chi connectivity index (χ1v) is 7.92. The summed E-state index contributed by atoms with van der Waals surface area (Å²) in [5, 5.41) is 15.6. The monoisotopic (exact) mass is 320 g/mol. The van der Waals surface area contributed by atoms with E-state index < -0.39 is 4.92 Å². The molecule has 0 N–H and O–H groups in total. The molecule has 0 atom stereocenters. The van der Waals surface area contributed by atoms with Gasteiger partial charge in [-0.2, -0.15) is 4.98 Å². The number of rotatable bonds is 2. The third-order valence-electron chi connectivity index (χ3n) is 3.96. The van der Waals surface area contributed by atoms with Crippen LogP contribution in [0.15, 0.2) is 17.7 Å². The summed E-state index contributed by atoms with van der Waals surface area (Å²) >= 11 is 5.84. The Balaban J connectivity index is 2.05. The number of aromatic nitrogens is 3. The molecule has 6 nitrogen and oxygen atoms in total. The zero-order valence-electron chi connectivity index (χ0n) is 12.2. The van der Waals surface area contributed by atoms with Crippen molar-refractivity contribution in [3.05, 3.63) is 38.7 Å². The molecule has 1 fully saturated rings. The van der Waals surface area contributed by atoms with Crippen molar-refractivity contribution in [3.8, 4) is 0 Å². The van der Waals surface area contributed by atoms with Crippen LogP contribution in [0, 0.1) is 10.1 Å². The lowest BCUT2D eigenvalue weighted by atomic mass is 9.95. The topological polar surface area (TPSA) is 73.3 Å². The van der Waals surface area contributed by atoms with E-state index in [0.717, 1.165) is 25.7 Å². The zero-order valence-corrected chi connectivity index (χ0v) is 12.9. The van der Waals surface area contributed by atoms with Crippen LogP contribution in [0.4, 0.5) is 5.82 Å². The molecular formula is C15H17ClN4O2. The van der Waals surface area contributed by atoms with E-state index in [-0.39, 0.29) is 11.0 Å². The second kappa shape index (κ2) is 6.44. The molecule has 0 spiro atoms. The smallest absolute Gasteiger partial charge is 0.358 e. The zero-order chi connectivity index (χ0) is 15.5. The van der Waals surface area contributed by atoms with Crippen LogP contribution in [0.5, 0.6) is 0 Å². The van der Waals surface area contributed by atoms with E-state index in [0.29, 0.717) is 11.3 Å². The average Bonchev–Trinajstić information content (AvgIpc) is 2.78. The Bertz CT molecular complexity index is 728. The second-order valence-electron chi connectivity index (χ2n) is 5.57. The number of fused-ring (bicyclic) bond motifs is 1. The van der Waals surface area contributed by atoms with Crippen LogP contribution in [0.25, 0.3) is 11.7 Å². The molecule has 0 radical (unpaired) electrons. The van der Waals surface area contributed by atoms with E-state index in [1.54, 1.807) is 12.1 Å². The van der Waals surface area contributed by atoms with Crippen molar-refractivity contribution >= 4 is 29.1 Å². The van der Waals surface area contributed by atoms with Gasteiger partial charge in [0.2, 0.25) is 5.65 Å². The van der Waals surface area contributed by atoms with E-state index >= 15 is 0 Å². The Morgan fingerprint density at radius 2 is 1.86 bits per heavy atom. The highest BCUT2D eigenvalue weighted by Crippen LogP contribution is 2.27. The molecule has 2 aromatic rings. The van der Waals surface area contributed by atoms with Crippen molar-refractivity contribution in [2.45, 2.75) is 44.9 Å². The van der Waals surface area contributed by atoms with Crippen molar-refractivity contribution in [3.63, 3.8) is 0 Å². The summed E-state index contributed by atoms with van der Waals surface area (Å²) in [7, 11) is 0. The van der Waals surface area contributed by atoms with Gasteiger partial charge in [-0.1, -0.05) is 46.1 Å². The van der Waals surface area contributed by atoms with Crippen molar-refractivity contribution in [2.24, 2.45) is 0 Å². The molecule has 2 heterocycles. The Morgan fingerprint density at radius 1 is 1.18 bits per heavy atom. The van der Waals surface area contributed by atoms with E-state index in [2.05, 4.69) is 10.1 Å². The summed E-state index contributed by atoms with van der Waals surface area (Å²) in [5.74, 6) is -0.118. The van der Waals surface area contributed by atoms with Gasteiger partial charge >= 0.3 is 5.82 Å². The minimum Gasteiger partial charge on any atom is -0.358 e. The van der Waals surface area contributed by atoms with Crippen LogP contribution in [0.2, 0.25) is 5.15 Å². The molecule has 0 saturated heterocycles. The lowest BCUT2D eigenvalue weighted by Crippen LogP contribution is -1.99. The minimum atomic E-state index is -0.446. The van der Waals surface area contributed by atoms with Gasteiger partial charge in [0, 0.05) is 6.07 Å². The fourth-order valence-corrected chi connectivity index (χ4v) is 3.02. The van der Waals surface area contributed by atoms with Gasteiger partial charge in [-0.25, -0.2) is 0 Å². The van der Waals surface area contributed by atoms with E-state index in [4.69, 9.17) is 11.6 Å². The summed E-state index contributed by atoms with van der Waals surface area (Å²) in [6.45, 7) is 0. The number of nitro groups is 1. The van der Waals surface area contributed by atoms with Gasteiger partial charge in [0.1, 0.15) is 0 Å². The summed E-state index contributed by atoms with van der Waals surface area (Å²) in [6.07, 6.45) is 9.84. The molecule has 0 unspecified atom stereocenters. The maximum Gasteiger partial charge on any atom is 0.376 e. The minimum absolute atomic E-state index is 0.118. The standard InChI is InChI=1S/C15H17ClN4O2/c16-13-8-9-14-17-12(15(20(21)22)19(14)18-13)10-11-6-4-2-1-3-5-7-11/h8-10H,1-7H2. The summed E-state index contributed by atoms with van der Waals surface area (Å²) in [6, 6.07) is 3.23. The van der Waals surface area contributed by atoms with Crippen molar-refractivity contribution < 1.29 is 4.92 Å². The molecule has 7 heteroatoms. The maximum absolute atomic E-state index is 11.4. The number of halogens is 1. The summed E-state index contributed by atoms with van der Waals surface area (Å²) < 4.78 is 1.21. The lowest BCUT2D eigenvalue weighted by Gasteiger charge is -2.11. The van der Waals surface area contributed by atoms with Gasteiger partial charge < -0.3 is 10.1 Å². The summed E-state index contributed by atoms with van der Waals surface area (Å²) in [4.78, 5) is 15.3. The third kappa shape index (κ3) is 3.11. The fourth-order valence-electron chi connectivity index (χ4n) is 2.88. The number of allylic oxidation sites excluding steroid dienone is 1. The molecule has 22 heavy (non-hydrogen) atoms. The van der Waals surface area contributed by atoms with Gasteiger partial charge in [-0.15, -0.1) is 0 Å². The van der Waals surface area contributed by atoms with Crippen LogP contribution >= 0.6 is 11.6 Å². The number of nitrogens with zero attached hydrogens (tertiary/aromatic N) is 4. The van der Waals surface area contributed by atoms with Crippen LogP contribution in [0.3, 0.4) is 0 Å². The van der Waals surface area contributed by atoms with Crippen LogP contribution in [-0.4, -0.2) is 19.5 Å². The van der Waals surface area contributed by atoms with Crippen molar-refractivity contribution in [1.82, 2.24) is 14.6 Å². The molecule has 116 valence electrons. The van der Waals surface area contributed by atoms with E-state index in [9.17, 15) is 10.1 Å². The normalized spacial score (nSPS) is 16.3. The van der Waals surface area contributed by atoms with Gasteiger partial charge in [-0.05, 0) is 42.7 Å². The molecule has 1 aliphatic rings. The first-order valence-electron chi connectivity index (χ1n) is 7.54. The summed E-state index contributed by atoms with van der Waals surface area (Å²) in [5.41, 5.74) is 2.04. The lowest BCUT2D eigenvalue weighted by molar-refractivity contribution is -0.391. The molecule has 2 aromatic heterocycles. The van der Waals surface area contributed by atoms with Gasteiger partial charge in [0.15, 0.2) is 10.8 Å². The molecule has 0 aromatic carbocycles. The SMILES string of the molecule is O=[N+]([O-])c1c(C=C2CCCCCCC2)nc2ccc(Cl)nn12. The predicted octanol–water partition coefficient (Wildman–Crippen LogP) is 4.42. The second-order valence-corrected chi connectivity index (χ2v) is 5.96. The predicted molar refractivity (Wildman–Crippen MR) is 84.9 cm³/mol. The van der Waals surface area contributed by atoms with E-state index in [1.807, 2.05) is 6.08 Å². The van der Waals surface area contributed by atoms with Gasteiger partial charge in [0.25, 0.3) is 0 Å². The van der Waals surface area contributed by atoms with Crippen LogP contribution in [-0.2, 0) is 0 Å². The molecule has 0 aliphatic heterocycles. The van der Waals surface area contributed by atoms with E-state index in [1.165, 1.54) is 29.4 Å². The van der Waals surface area contributed by atoms with Gasteiger partial charge in [-0.3, -0.25) is 0 Å². The molecule has 0 amide bonds. The Labute approximate surface area is 133 Å². The molecule has 1 aliphatic carbocycles. The first-order chi connectivity index (χ1) is 10.6. The fraction of sp³-hybridized carbons (Fsp3) is 0.467. The molecule has 3 rings (SSSR count). The largest absolute Gasteiger partial charge is 0.376 e. The molecule has 1 saturated carbocycles. The number of imidazole rings is 1. The Kier molecular flexibility index (Phi) is 4.38. The van der Waals surface area contributed by atoms with Crippen molar-refractivity contribution in [1.29, 1.82) is 0 Å². The highest BCUT2D eigenvalue weighted by Gasteiger charge is 2.23. The number of hydrogen-bond acceptors (Lipinski definition) is 4. The average molecular weight is 321 g/mol. The Morgan fingerprint density at radius 3 is 2.55 bits per heavy atom. The van der Waals surface area contributed by atoms with Gasteiger partial charge in [0.05, 0.1) is 0 Å². The van der Waals surface area contributed by atoms with Crippen LogP contribution in [0.1, 0.15) is 50.6 Å². The Hall–Kier alpha value is -1.95. The van der Waals surface area contributed by atoms with Crippen LogP contribution < -0.4 is 0 Å².